The number of nitrogens with zero attached hydrogens (tertiary/aromatic N) is 4. The minimum absolute atomic E-state index is 0.386. The second kappa shape index (κ2) is 7.83. The van der Waals surface area contributed by atoms with Crippen molar-refractivity contribution in [1.29, 1.82) is 0 Å². The largest absolute Gasteiger partial charge is 0.467 e. The number of nitrogens with two attached hydrogens (primary N) is 1. The molecule has 3 N–H and O–H groups in total. The van der Waals surface area contributed by atoms with Gasteiger partial charge in [0, 0.05) is 18.0 Å². The number of furan rings is 1. The number of carbonyl (C=O) groups is 2. The Morgan fingerprint density at radius 1 is 1.35 bits per heavy atom. The van der Waals surface area contributed by atoms with Crippen LogP contribution in [0.25, 0.3) is 11.4 Å². The lowest BCUT2D eigenvalue weighted by Gasteiger charge is -2.12. The zero-order chi connectivity index (χ0) is 18.5. The van der Waals surface area contributed by atoms with Gasteiger partial charge in [0.15, 0.2) is 11.0 Å². The van der Waals surface area contributed by atoms with Crippen molar-refractivity contribution >= 4 is 23.7 Å². The first-order valence-corrected chi connectivity index (χ1v) is 8.55. The van der Waals surface area contributed by atoms with Gasteiger partial charge in [-0.2, -0.15) is 0 Å². The Morgan fingerprint density at radius 2 is 2.19 bits per heavy atom. The van der Waals surface area contributed by atoms with Crippen LogP contribution in [0.2, 0.25) is 0 Å². The average molecular weight is 372 g/mol. The zero-order valence-electron chi connectivity index (χ0n) is 13.8. The van der Waals surface area contributed by atoms with E-state index < -0.39 is 17.2 Å². The van der Waals surface area contributed by atoms with Gasteiger partial charge in [0.25, 0.3) is 0 Å². The molecule has 3 aromatic heterocycles. The van der Waals surface area contributed by atoms with Crippen molar-refractivity contribution < 1.29 is 14.0 Å². The molecule has 0 fully saturated rings. The van der Waals surface area contributed by atoms with Crippen molar-refractivity contribution in [3.8, 4) is 11.4 Å². The number of hydrogen-bond donors (Lipinski definition) is 2. The molecule has 0 bridgehead atoms. The van der Waals surface area contributed by atoms with Gasteiger partial charge in [-0.15, -0.1) is 10.2 Å². The predicted octanol–water partition coefficient (Wildman–Crippen LogP) is 1.66. The molecule has 0 saturated heterocycles. The Hall–Kier alpha value is -3.14. The third kappa shape index (κ3) is 4.09. The Labute approximate surface area is 153 Å². The number of amides is 3. The third-order valence-corrected chi connectivity index (χ3v) is 4.51. The molecule has 1 atom stereocenters. The Morgan fingerprint density at radius 3 is 2.85 bits per heavy atom. The van der Waals surface area contributed by atoms with E-state index in [0.717, 1.165) is 5.56 Å². The second-order valence-corrected chi connectivity index (χ2v) is 6.63. The number of hydrogen-bond acceptors (Lipinski definition) is 7. The molecule has 0 aliphatic rings. The fourth-order valence-corrected chi connectivity index (χ4v) is 3.07. The molecule has 26 heavy (non-hydrogen) atoms. The number of imide groups is 1. The smallest absolute Gasteiger partial charge is 0.318 e. The van der Waals surface area contributed by atoms with Crippen LogP contribution in [0, 0.1) is 0 Å². The summed E-state index contributed by atoms with van der Waals surface area (Å²) in [7, 11) is 0. The molecule has 3 heterocycles. The van der Waals surface area contributed by atoms with E-state index in [1.54, 1.807) is 37.7 Å². The minimum atomic E-state index is -0.893. The van der Waals surface area contributed by atoms with Gasteiger partial charge in [-0.3, -0.25) is 19.7 Å². The minimum Gasteiger partial charge on any atom is -0.467 e. The van der Waals surface area contributed by atoms with Crippen LogP contribution < -0.4 is 11.1 Å². The first-order chi connectivity index (χ1) is 12.5. The van der Waals surface area contributed by atoms with Crippen LogP contribution in [0.4, 0.5) is 4.79 Å². The van der Waals surface area contributed by atoms with Crippen LogP contribution in [0.1, 0.15) is 12.7 Å². The molecule has 9 nitrogen and oxygen atoms in total. The van der Waals surface area contributed by atoms with E-state index in [2.05, 4.69) is 20.5 Å². The number of pyridine rings is 1. The lowest BCUT2D eigenvalue weighted by atomic mass is 10.2. The maximum absolute atomic E-state index is 11.9. The molecule has 3 rings (SSSR count). The van der Waals surface area contributed by atoms with Gasteiger partial charge in [-0.1, -0.05) is 11.8 Å². The van der Waals surface area contributed by atoms with Crippen LogP contribution in [0.15, 0.2) is 52.5 Å². The second-order valence-electron chi connectivity index (χ2n) is 5.33. The van der Waals surface area contributed by atoms with Crippen LogP contribution >= 0.6 is 11.8 Å². The molecule has 0 spiro atoms. The molecule has 0 unspecified atom stereocenters. The van der Waals surface area contributed by atoms with E-state index in [0.29, 0.717) is 23.3 Å². The van der Waals surface area contributed by atoms with E-state index in [1.807, 2.05) is 16.7 Å². The SMILES string of the molecule is C[C@@H](Sc1nnc(-c2cccnc2)n1Cc1ccco1)C(=O)NC(N)=O. The van der Waals surface area contributed by atoms with Crippen molar-refractivity contribution in [1.82, 2.24) is 25.1 Å². The summed E-state index contributed by atoms with van der Waals surface area (Å²) in [5, 5.41) is 10.4. The number of primary amides is 1. The number of aromatic nitrogens is 4. The van der Waals surface area contributed by atoms with Gasteiger partial charge >= 0.3 is 6.03 Å². The summed E-state index contributed by atoms with van der Waals surface area (Å²) >= 11 is 1.17. The highest BCUT2D eigenvalue weighted by Crippen LogP contribution is 2.27. The maximum Gasteiger partial charge on any atom is 0.318 e. The summed E-state index contributed by atoms with van der Waals surface area (Å²) in [5.74, 6) is 0.809. The zero-order valence-corrected chi connectivity index (χ0v) is 14.6. The monoisotopic (exact) mass is 372 g/mol. The highest BCUT2D eigenvalue weighted by atomic mass is 32.2. The molecule has 3 aromatic rings. The molecule has 3 amide bonds. The number of urea groups is 1. The molecule has 0 radical (unpaired) electrons. The van der Waals surface area contributed by atoms with E-state index in [-0.39, 0.29) is 0 Å². The van der Waals surface area contributed by atoms with Crippen LogP contribution in [-0.2, 0) is 11.3 Å². The number of carbonyl (C=O) groups excluding carboxylic acids is 2. The quantitative estimate of drug-likeness (QED) is 0.629. The fraction of sp³-hybridized carbons (Fsp3) is 0.188. The third-order valence-electron chi connectivity index (χ3n) is 3.43. The summed E-state index contributed by atoms with van der Waals surface area (Å²) in [4.78, 5) is 26.9. The molecular weight excluding hydrogens is 356 g/mol. The Bertz CT molecular complexity index is 894. The van der Waals surface area contributed by atoms with Gasteiger partial charge in [0.2, 0.25) is 5.91 Å². The summed E-state index contributed by atoms with van der Waals surface area (Å²) in [6.07, 6.45) is 4.93. The first kappa shape index (κ1) is 17.7. The lowest BCUT2D eigenvalue weighted by molar-refractivity contribution is -0.119. The van der Waals surface area contributed by atoms with Crippen molar-refractivity contribution in [3.63, 3.8) is 0 Å². The molecule has 0 aromatic carbocycles. The molecule has 0 saturated carbocycles. The fourth-order valence-electron chi connectivity index (χ4n) is 2.22. The summed E-state index contributed by atoms with van der Waals surface area (Å²) in [6, 6.07) is 6.41. The maximum atomic E-state index is 11.9. The van der Waals surface area contributed by atoms with Crippen molar-refractivity contribution in [2.24, 2.45) is 5.73 Å². The van der Waals surface area contributed by atoms with Crippen LogP contribution in [0.3, 0.4) is 0 Å². The van der Waals surface area contributed by atoms with Crippen LogP contribution in [0.5, 0.6) is 0 Å². The van der Waals surface area contributed by atoms with E-state index in [9.17, 15) is 9.59 Å². The standard InChI is InChI=1S/C16H16N6O3S/c1-10(14(23)19-15(17)24)26-16-21-20-13(11-4-2-6-18-8-11)22(16)9-12-5-3-7-25-12/h2-8,10H,9H2,1H3,(H3,17,19,23,24)/t10-/m1/s1. The van der Waals surface area contributed by atoms with Crippen molar-refractivity contribution in [2.75, 3.05) is 0 Å². The molecule has 0 aliphatic heterocycles. The van der Waals surface area contributed by atoms with Crippen molar-refractivity contribution in [2.45, 2.75) is 23.9 Å². The number of rotatable bonds is 6. The van der Waals surface area contributed by atoms with Gasteiger partial charge in [-0.05, 0) is 31.2 Å². The number of thioether (sulfide) groups is 1. The normalized spacial score (nSPS) is 11.9. The highest BCUT2D eigenvalue weighted by molar-refractivity contribution is 8.00. The number of nitrogens with one attached hydrogen (secondary N) is 1. The van der Waals surface area contributed by atoms with Gasteiger partial charge in [-0.25, -0.2) is 4.79 Å². The molecule has 10 heteroatoms. The summed E-state index contributed by atoms with van der Waals surface area (Å²) in [6.45, 7) is 2.04. The van der Waals surface area contributed by atoms with E-state index in [1.165, 1.54) is 11.8 Å². The summed E-state index contributed by atoms with van der Waals surface area (Å²) < 4.78 is 7.24. The lowest BCUT2D eigenvalue weighted by Crippen LogP contribution is -2.39. The molecule has 0 aliphatic carbocycles. The van der Waals surface area contributed by atoms with Crippen LogP contribution in [-0.4, -0.2) is 36.9 Å². The van der Waals surface area contributed by atoms with E-state index in [4.69, 9.17) is 10.2 Å². The van der Waals surface area contributed by atoms with Gasteiger partial charge < -0.3 is 10.2 Å². The van der Waals surface area contributed by atoms with E-state index >= 15 is 0 Å². The molecular formula is C16H16N6O3S. The Kier molecular flexibility index (Phi) is 5.32. The van der Waals surface area contributed by atoms with Crippen molar-refractivity contribution in [3.05, 3.63) is 48.7 Å². The van der Waals surface area contributed by atoms with Gasteiger partial charge in [0.05, 0.1) is 18.1 Å². The Balaban J connectivity index is 1.91. The predicted molar refractivity (Wildman–Crippen MR) is 94.1 cm³/mol. The summed E-state index contributed by atoms with van der Waals surface area (Å²) in [5.41, 5.74) is 5.78. The highest BCUT2D eigenvalue weighted by Gasteiger charge is 2.22. The average Bonchev–Trinajstić information content (AvgIpc) is 3.26. The first-order valence-electron chi connectivity index (χ1n) is 7.67. The van der Waals surface area contributed by atoms with Gasteiger partial charge in [0.1, 0.15) is 5.76 Å². The topological polar surface area (TPSA) is 129 Å². The molecule has 134 valence electrons.